The van der Waals surface area contributed by atoms with E-state index in [0.717, 1.165) is 37.1 Å². The van der Waals surface area contributed by atoms with Gasteiger partial charge >= 0.3 is 0 Å². The highest BCUT2D eigenvalue weighted by molar-refractivity contribution is 5.97. The molecule has 0 aliphatic heterocycles. The monoisotopic (exact) mass is 357 g/mol. The van der Waals surface area contributed by atoms with Crippen molar-refractivity contribution in [2.24, 2.45) is 17.9 Å². The maximum absolute atomic E-state index is 9.28. The van der Waals surface area contributed by atoms with Crippen LogP contribution in [0.3, 0.4) is 0 Å². The summed E-state index contributed by atoms with van der Waals surface area (Å²) in [5.74, 6) is 0. The second-order valence-corrected chi connectivity index (χ2v) is 7.18. The molecule has 0 aliphatic carbocycles. The molecule has 0 unspecified atom stereocenters. The van der Waals surface area contributed by atoms with E-state index in [4.69, 9.17) is 10.6 Å². The molecule has 0 aliphatic rings. The lowest BCUT2D eigenvalue weighted by atomic mass is 9.97. The third kappa shape index (κ3) is 6.00. The summed E-state index contributed by atoms with van der Waals surface area (Å²) in [7, 11) is 2.02. The van der Waals surface area contributed by atoms with Crippen LogP contribution in [0.15, 0.2) is 47.6 Å². The quantitative estimate of drug-likeness (QED) is 0.390. The lowest BCUT2D eigenvalue weighted by molar-refractivity contribution is 0.142. The van der Waals surface area contributed by atoms with E-state index in [9.17, 15) is 5.11 Å². The highest BCUT2D eigenvalue weighted by Crippen LogP contribution is 2.15. The number of oxime groups is 1. The molecule has 2 aromatic rings. The van der Waals surface area contributed by atoms with E-state index in [0.29, 0.717) is 6.61 Å². The molecule has 1 heterocycles. The molecule has 5 nitrogen and oxygen atoms in total. The average Bonchev–Trinajstić information content (AvgIpc) is 3.01. The maximum atomic E-state index is 9.28. The minimum Gasteiger partial charge on any atom is -0.396 e. The molecule has 0 amide bonds. The Kier molecular flexibility index (Phi) is 7.42. The Morgan fingerprint density at radius 2 is 1.92 bits per heavy atom. The van der Waals surface area contributed by atoms with Crippen molar-refractivity contribution in [3.8, 4) is 0 Å². The minimum atomic E-state index is -0.546. The first kappa shape index (κ1) is 20.2. The molecule has 3 N–H and O–H groups in total. The Morgan fingerprint density at radius 3 is 2.62 bits per heavy atom. The Hall–Kier alpha value is -2.11. The fourth-order valence-electron chi connectivity index (χ4n) is 2.84. The molecule has 1 aromatic carbocycles. The SMILES string of the molecule is C/C(=N/OCCCc1ccccc1)c1ccc(CC[C@@](C)(N)CO)n1C. The summed E-state index contributed by atoms with van der Waals surface area (Å²) in [5.41, 5.74) is 9.85. The molecular formula is C21H31N3O2. The van der Waals surface area contributed by atoms with Gasteiger partial charge in [-0.25, -0.2) is 0 Å². The summed E-state index contributed by atoms with van der Waals surface area (Å²) in [6.45, 7) is 4.41. The molecule has 1 atom stereocenters. The number of hydrogen-bond donors (Lipinski definition) is 2. The Labute approximate surface area is 156 Å². The molecule has 2 rings (SSSR count). The van der Waals surface area contributed by atoms with Crippen LogP contribution in [-0.4, -0.2) is 34.1 Å². The van der Waals surface area contributed by atoms with Gasteiger partial charge in [0.15, 0.2) is 0 Å². The van der Waals surface area contributed by atoms with Crippen LogP contribution in [0, 0.1) is 0 Å². The lowest BCUT2D eigenvalue weighted by Gasteiger charge is -2.21. The number of hydrogen-bond acceptors (Lipinski definition) is 4. The van der Waals surface area contributed by atoms with Gasteiger partial charge in [0, 0.05) is 18.3 Å². The van der Waals surface area contributed by atoms with Gasteiger partial charge in [-0.3, -0.25) is 0 Å². The zero-order valence-corrected chi connectivity index (χ0v) is 16.1. The van der Waals surface area contributed by atoms with Crippen molar-refractivity contribution in [2.45, 2.75) is 45.1 Å². The minimum absolute atomic E-state index is 0.0123. The first-order chi connectivity index (χ1) is 12.4. The molecule has 0 fully saturated rings. The molecule has 5 heteroatoms. The van der Waals surface area contributed by atoms with Crippen molar-refractivity contribution in [3.05, 3.63) is 59.4 Å². The highest BCUT2D eigenvalue weighted by atomic mass is 16.6. The number of aryl methyl sites for hydroxylation is 2. The first-order valence-corrected chi connectivity index (χ1v) is 9.18. The van der Waals surface area contributed by atoms with Crippen LogP contribution < -0.4 is 5.73 Å². The van der Waals surface area contributed by atoms with Crippen LogP contribution in [-0.2, 0) is 24.7 Å². The van der Waals surface area contributed by atoms with E-state index in [2.05, 4.69) is 40.1 Å². The summed E-state index contributed by atoms with van der Waals surface area (Å²) in [6.07, 6.45) is 3.48. The van der Waals surface area contributed by atoms with Crippen molar-refractivity contribution in [3.63, 3.8) is 0 Å². The predicted octanol–water partition coefficient (Wildman–Crippen LogP) is 3.04. The van der Waals surface area contributed by atoms with Gasteiger partial charge in [-0.05, 0) is 57.2 Å². The van der Waals surface area contributed by atoms with Gasteiger partial charge < -0.3 is 20.2 Å². The Bertz CT molecular complexity index is 705. The predicted molar refractivity (Wildman–Crippen MR) is 106 cm³/mol. The van der Waals surface area contributed by atoms with Crippen molar-refractivity contribution in [1.82, 2.24) is 4.57 Å². The number of benzene rings is 1. The van der Waals surface area contributed by atoms with Gasteiger partial charge in [0.25, 0.3) is 0 Å². The molecule has 0 bridgehead atoms. The smallest absolute Gasteiger partial charge is 0.117 e. The van der Waals surface area contributed by atoms with E-state index in [1.165, 1.54) is 11.3 Å². The van der Waals surface area contributed by atoms with E-state index in [1.54, 1.807) is 0 Å². The zero-order chi connectivity index (χ0) is 19.0. The molecule has 0 radical (unpaired) electrons. The van der Waals surface area contributed by atoms with Crippen molar-refractivity contribution >= 4 is 5.71 Å². The average molecular weight is 357 g/mol. The van der Waals surface area contributed by atoms with Crippen LogP contribution in [0.1, 0.15) is 43.6 Å². The van der Waals surface area contributed by atoms with Crippen LogP contribution in [0.4, 0.5) is 0 Å². The number of nitrogens with two attached hydrogens (primary N) is 1. The first-order valence-electron chi connectivity index (χ1n) is 9.18. The molecule has 0 saturated heterocycles. The van der Waals surface area contributed by atoms with Gasteiger partial charge in [-0.15, -0.1) is 0 Å². The lowest BCUT2D eigenvalue weighted by Crippen LogP contribution is -2.40. The van der Waals surface area contributed by atoms with E-state index in [1.807, 2.05) is 33.0 Å². The van der Waals surface area contributed by atoms with Gasteiger partial charge in [0.2, 0.25) is 0 Å². The number of aromatic nitrogens is 1. The highest BCUT2D eigenvalue weighted by Gasteiger charge is 2.18. The normalized spacial score (nSPS) is 14.3. The number of nitrogens with zero attached hydrogens (tertiary/aromatic N) is 2. The van der Waals surface area contributed by atoms with E-state index >= 15 is 0 Å². The van der Waals surface area contributed by atoms with Crippen LogP contribution >= 0.6 is 0 Å². The third-order valence-electron chi connectivity index (χ3n) is 4.66. The Balaban J connectivity index is 1.83. The van der Waals surface area contributed by atoms with Crippen LogP contribution in [0.2, 0.25) is 0 Å². The fraction of sp³-hybridized carbons (Fsp3) is 0.476. The van der Waals surface area contributed by atoms with Gasteiger partial charge in [-0.1, -0.05) is 35.5 Å². The summed E-state index contributed by atoms with van der Waals surface area (Å²) in [4.78, 5) is 5.49. The molecule has 1 aromatic heterocycles. The Morgan fingerprint density at radius 1 is 1.19 bits per heavy atom. The molecule has 0 spiro atoms. The number of aliphatic hydroxyl groups excluding tert-OH is 1. The third-order valence-corrected chi connectivity index (χ3v) is 4.66. The second kappa shape index (κ2) is 9.55. The van der Waals surface area contributed by atoms with Crippen LogP contribution in [0.25, 0.3) is 0 Å². The number of aliphatic hydroxyl groups is 1. The van der Waals surface area contributed by atoms with Gasteiger partial charge in [-0.2, -0.15) is 0 Å². The number of rotatable bonds is 10. The second-order valence-electron chi connectivity index (χ2n) is 7.18. The summed E-state index contributed by atoms with van der Waals surface area (Å²) in [6, 6.07) is 14.5. The topological polar surface area (TPSA) is 72.8 Å². The zero-order valence-electron chi connectivity index (χ0n) is 16.1. The van der Waals surface area contributed by atoms with Gasteiger partial charge in [0.05, 0.1) is 12.3 Å². The molecule has 142 valence electrons. The fourth-order valence-corrected chi connectivity index (χ4v) is 2.84. The van der Waals surface area contributed by atoms with E-state index < -0.39 is 5.54 Å². The summed E-state index contributed by atoms with van der Waals surface area (Å²) < 4.78 is 2.11. The van der Waals surface area contributed by atoms with Crippen molar-refractivity contribution < 1.29 is 9.94 Å². The van der Waals surface area contributed by atoms with E-state index in [-0.39, 0.29) is 6.61 Å². The standard InChI is InChI=1S/C21H31N3O2/c1-17(23-26-15-7-10-18-8-5-4-6-9-18)20-12-11-19(24(20)3)13-14-21(2,22)16-25/h4-6,8-9,11-12,25H,7,10,13-16,22H2,1-3H3/b23-17-/t21-/m1/s1. The molecular weight excluding hydrogens is 326 g/mol. The largest absolute Gasteiger partial charge is 0.396 e. The summed E-state index contributed by atoms with van der Waals surface area (Å²) in [5, 5.41) is 13.5. The van der Waals surface area contributed by atoms with Crippen molar-refractivity contribution in [2.75, 3.05) is 13.2 Å². The molecule has 26 heavy (non-hydrogen) atoms. The maximum Gasteiger partial charge on any atom is 0.117 e. The summed E-state index contributed by atoms with van der Waals surface area (Å²) >= 11 is 0. The van der Waals surface area contributed by atoms with Crippen LogP contribution in [0.5, 0.6) is 0 Å². The van der Waals surface area contributed by atoms with Gasteiger partial charge in [0.1, 0.15) is 12.3 Å². The van der Waals surface area contributed by atoms with Crippen molar-refractivity contribution in [1.29, 1.82) is 0 Å². The molecule has 0 saturated carbocycles.